The van der Waals surface area contributed by atoms with E-state index in [0.717, 1.165) is 5.56 Å². The fourth-order valence-electron chi connectivity index (χ4n) is 4.34. The molecule has 188 valence electrons. The van der Waals surface area contributed by atoms with Crippen molar-refractivity contribution in [3.63, 3.8) is 0 Å². The number of ether oxygens (including phenoxy) is 3. The third-order valence-electron chi connectivity index (χ3n) is 6.15. The summed E-state index contributed by atoms with van der Waals surface area (Å²) >= 11 is 0. The first-order valence-electron chi connectivity index (χ1n) is 11.4. The number of furan rings is 1. The second kappa shape index (κ2) is 9.45. The molecule has 0 saturated carbocycles. The second-order valence-electron chi connectivity index (χ2n) is 9.42. The number of rotatable bonds is 6. The minimum Gasteiger partial charge on any atom is -0.507 e. The predicted octanol–water partition coefficient (Wildman–Crippen LogP) is 5.23. The Balaban J connectivity index is 1.94. The summed E-state index contributed by atoms with van der Waals surface area (Å²) in [5.41, 5.74) is 1.21. The highest BCUT2D eigenvalue weighted by molar-refractivity contribution is 6.51. The Morgan fingerprint density at radius 2 is 1.61 bits per heavy atom. The minimum atomic E-state index is -1.00. The maximum Gasteiger partial charge on any atom is 0.300 e. The van der Waals surface area contributed by atoms with Crippen LogP contribution in [-0.2, 0) is 15.0 Å². The Bertz CT molecular complexity index is 1310. The van der Waals surface area contributed by atoms with Crippen molar-refractivity contribution in [3.05, 3.63) is 77.3 Å². The lowest BCUT2D eigenvalue weighted by Gasteiger charge is -2.25. The van der Waals surface area contributed by atoms with Gasteiger partial charge in [0.25, 0.3) is 11.7 Å². The zero-order valence-corrected chi connectivity index (χ0v) is 21.1. The predicted molar refractivity (Wildman–Crippen MR) is 135 cm³/mol. The average molecular weight is 492 g/mol. The number of carbonyl (C=O) groups excluding carboxylic acids is 2. The molecule has 1 aliphatic rings. The van der Waals surface area contributed by atoms with Gasteiger partial charge in [-0.2, -0.15) is 0 Å². The minimum absolute atomic E-state index is 0.0817. The normalized spacial score (nSPS) is 17.4. The highest BCUT2D eigenvalue weighted by Crippen LogP contribution is 2.44. The molecule has 0 radical (unpaired) electrons. The summed E-state index contributed by atoms with van der Waals surface area (Å²) < 4.78 is 21.9. The van der Waals surface area contributed by atoms with E-state index in [4.69, 9.17) is 18.6 Å². The van der Waals surface area contributed by atoms with E-state index >= 15 is 0 Å². The molecule has 1 aliphatic heterocycles. The molecule has 3 aromatic rings. The average Bonchev–Trinajstić information content (AvgIpc) is 3.49. The van der Waals surface area contributed by atoms with Gasteiger partial charge in [0.05, 0.1) is 38.9 Å². The first kappa shape index (κ1) is 24.9. The number of hydrogen-bond donors (Lipinski definition) is 1. The van der Waals surface area contributed by atoms with Gasteiger partial charge in [-0.1, -0.05) is 20.8 Å². The van der Waals surface area contributed by atoms with E-state index in [0.29, 0.717) is 34.3 Å². The van der Waals surface area contributed by atoms with E-state index in [9.17, 15) is 14.7 Å². The number of ketones is 1. The molecule has 2 aromatic carbocycles. The van der Waals surface area contributed by atoms with Crippen LogP contribution in [0.3, 0.4) is 0 Å². The number of aliphatic hydroxyl groups is 1. The van der Waals surface area contributed by atoms with E-state index in [1.54, 1.807) is 55.6 Å². The number of anilines is 1. The molecule has 8 nitrogen and oxygen atoms in total. The quantitative estimate of drug-likeness (QED) is 0.286. The Labute approximate surface area is 209 Å². The number of benzene rings is 2. The number of aliphatic hydroxyl groups excluding tert-OH is 1. The van der Waals surface area contributed by atoms with Gasteiger partial charge < -0.3 is 23.7 Å². The third-order valence-corrected chi connectivity index (χ3v) is 6.15. The van der Waals surface area contributed by atoms with Gasteiger partial charge >= 0.3 is 0 Å². The molecule has 1 N–H and O–H groups in total. The summed E-state index contributed by atoms with van der Waals surface area (Å²) in [6.45, 7) is 6.06. The Kier molecular flexibility index (Phi) is 6.54. The van der Waals surface area contributed by atoms with Crippen LogP contribution < -0.4 is 19.1 Å². The summed E-state index contributed by atoms with van der Waals surface area (Å²) in [4.78, 5) is 28.0. The van der Waals surface area contributed by atoms with Crippen LogP contribution in [0.25, 0.3) is 5.76 Å². The summed E-state index contributed by atoms with van der Waals surface area (Å²) in [6.07, 6.45) is 1.45. The smallest absolute Gasteiger partial charge is 0.300 e. The fraction of sp³-hybridized carbons (Fsp3) is 0.286. The summed E-state index contributed by atoms with van der Waals surface area (Å²) in [7, 11) is 4.56. The van der Waals surface area contributed by atoms with Crippen molar-refractivity contribution in [2.24, 2.45) is 0 Å². The fourth-order valence-corrected chi connectivity index (χ4v) is 4.34. The number of methoxy groups -OCH3 is 3. The van der Waals surface area contributed by atoms with E-state index < -0.39 is 17.7 Å². The Morgan fingerprint density at radius 1 is 0.944 bits per heavy atom. The number of nitrogens with zero attached hydrogens (tertiary/aromatic N) is 1. The molecule has 2 heterocycles. The van der Waals surface area contributed by atoms with Crippen LogP contribution in [0.5, 0.6) is 17.2 Å². The molecule has 1 atom stereocenters. The summed E-state index contributed by atoms with van der Waals surface area (Å²) in [5, 5.41) is 11.4. The van der Waals surface area contributed by atoms with Crippen molar-refractivity contribution in [2.45, 2.75) is 32.2 Å². The lowest BCUT2D eigenvalue weighted by atomic mass is 9.84. The molecule has 1 amide bonds. The maximum atomic E-state index is 13.4. The first-order chi connectivity index (χ1) is 17.1. The van der Waals surface area contributed by atoms with Crippen molar-refractivity contribution >= 4 is 23.1 Å². The molecule has 1 unspecified atom stereocenters. The third kappa shape index (κ3) is 4.30. The van der Waals surface area contributed by atoms with Crippen molar-refractivity contribution < 1.29 is 33.3 Å². The molecular formula is C28H29NO7. The highest BCUT2D eigenvalue weighted by atomic mass is 16.5. The lowest BCUT2D eigenvalue weighted by Crippen LogP contribution is -2.29. The molecule has 0 aliphatic carbocycles. The van der Waals surface area contributed by atoms with Crippen LogP contribution in [0.2, 0.25) is 0 Å². The number of amides is 1. The number of carbonyl (C=O) groups is 2. The Morgan fingerprint density at radius 3 is 2.14 bits per heavy atom. The molecule has 8 heteroatoms. The van der Waals surface area contributed by atoms with Gasteiger partial charge in [0, 0.05) is 29.3 Å². The molecule has 0 bridgehead atoms. The molecule has 36 heavy (non-hydrogen) atoms. The Hall–Kier alpha value is -4.20. The van der Waals surface area contributed by atoms with Gasteiger partial charge in [-0.15, -0.1) is 0 Å². The molecule has 1 saturated heterocycles. The van der Waals surface area contributed by atoms with Gasteiger partial charge in [-0.25, -0.2) is 0 Å². The standard InChI is InChI=1S/C28H29NO7/c1-28(2,3)20-12-16(9-10-21(20)35-6)25(30)23-24(22-8-7-11-36-22)29(27(32)26(23)31)17-13-18(33-4)15-19(14-17)34-5/h7-15,24,30H,1-6H3/b25-23-. The van der Waals surface area contributed by atoms with Crippen molar-refractivity contribution in [1.82, 2.24) is 0 Å². The van der Waals surface area contributed by atoms with Crippen molar-refractivity contribution in [3.8, 4) is 17.2 Å². The maximum absolute atomic E-state index is 13.4. The zero-order chi connectivity index (χ0) is 26.2. The number of Topliss-reactive ketones (excluding diaryl/α,β-unsaturated/α-hetero) is 1. The molecule has 1 aromatic heterocycles. The highest BCUT2D eigenvalue weighted by Gasteiger charge is 2.48. The van der Waals surface area contributed by atoms with E-state index in [1.165, 1.54) is 25.4 Å². The van der Waals surface area contributed by atoms with Gasteiger partial charge in [-0.05, 0) is 35.7 Å². The molecule has 0 spiro atoms. The van der Waals surface area contributed by atoms with Crippen LogP contribution in [-0.4, -0.2) is 38.1 Å². The lowest BCUT2D eigenvalue weighted by molar-refractivity contribution is -0.132. The molecular weight excluding hydrogens is 462 g/mol. The van der Waals surface area contributed by atoms with Crippen LogP contribution in [0, 0.1) is 0 Å². The van der Waals surface area contributed by atoms with Gasteiger partial charge in [-0.3, -0.25) is 14.5 Å². The van der Waals surface area contributed by atoms with Crippen LogP contribution >= 0.6 is 0 Å². The van der Waals surface area contributed by atoms with Gasteiger partial charge in [0.2, 0.25) is 0 Å². The van der Waals surface area contributed by atoms with E-state index in [1.807, 2.05) is 20.8 Å². The van der Waals surface area contributed by atoms with Gasteiger partial charge in [0.15, 0.2) is 0 Å². The molecule has 1 fully saturated rings. The van der Waals surface area contributed by atoms with Gasteiger partial charge in [0.1, 0.15) is 34.8 Å². The molecule has 4 rings (SSSR count). The van der Waals surface area contributed by atoms with Crippen molar-refractivity contribution in [1.29, 1.82) is 0 Å². The van der Waals surface area contributed by atoms with Crippen LogP contribution in [0.15, 0.2) is 64.8 Å². The van der Waals surface area contributed by atoms with Crippen molar-refractivity contribution in [2.75, 3.05) is 26.2 Å². The summed E-state index contributed by atoms with van der Waals surface area (Å²) in [6, 6.07) is 12.4. The van der Waals surface area contributed by atoms with E-state index in [2.05, 4.69) is 0 Å². The summed E-state index contributed by atoms with van der Waals surface area (Å²) in [5.74, 6) is -0.0848. The largest absolute Gasteiger partial charge is 0.507 e. The topological polar surface area (TPSA) is 98.4 Å². The second-order valence-corrected chi connectivity index (χ2v) is 9.42. The monoisotopic (exact) mass is 491 g/mol. The number of hydrogen-bond acceptors (Lipinski definition) is 7. The van der Waals surface area contributed by atoms with Crippen LogP contribution in [0.4, 0.5) is 5.69 Å². The SMILES string of the molecule is COc1cc(OC)cc(N2C(=O)C(=O)/C(=C(\O)c3ccc(OC)c(C(C)(C)C)c3)C2c2ccco2)c1. The van der Waals surface area contributed by atoms with Crippen LogP contribution in [0.1, 0.15) is 43.7 Å². The van der Waals surface area contributed by atoms with E-state index in [-0.39, 0.29) is 16.7 Å². The zero-order valence-electron chi connectivity index (χ0n) is 21.1. The first-order valence-corrected chi connectivity index (χ1v) is 11.4.